The van der Waals surface area contributed by atoms with Gasteiger partial charge in [0.15, 0.2) is 5.72 Å². The fraction of sp³-hybridized carbons (Fsp3) is 0.444. The van der Waals surface area contributed by atoms with Gasteiger partial charge in [-0.1, -0.05) is 6.07 Å². The number of pyridine rings is 1. The van der Waals surface area contributed by atoms with Crippen LogP contribution in [0.25, 0.3) is 0 Å². The van der Waals surface area contributed by atoms with Crippen molar-refractivity contribution in [1.29, 1.82) is 0 Å². The largest absolute Gasteiger partial charge is 0.348 e. The highest BCUT2D eigenvalue weighted by Crippen LogP contribution is 2.32. The number of ether oxygens (including phenoxy) is 1. The molecule has 1 fully saturated rings. The summed E-state index contributed by atoms with van der Waals surface area (Å²) in [6.45, 7) is 2.85. The van der Waals surface area contributed by atoms with E-state index >= 15 is 0 Å². The predicted octanol–water partition coefficient (Wildman–Crippen LogP) is 1.26. The molecule has 1 unspecified atom stereocenters. The fourth-order valence-electron chi connectivity index (χ4n) is 1.09. The van der Waals surface area contributed by atoms with E-state index in [1.807, 2.05) is 30.1 Å². The quantitative estimate of drug-likeness (QED) is 0.616. The zero-order valence-corrected chi connectivity index (χ0v) is 7.32. The molecule has 0 N–H and O–H groups in total. The second kappa shape index (κ2) is 2.45. The van der Waals surface area contributed by atoms with Gasteiger partial charge in [-0.05, 0) is 19.1 Å². The van der Waals surface area contributed by atoms with Crippen molar-refractivity contribution in [3.05, 3.63) is 24.4 Å². The summed E-state index contributed by atoms with van der Waals surface area (Å²) in [5.74, 6) is 0.956. The lowest BCUT2D eigenvalue weighted by molar-refractivity contribution is 0.320. The maximum atomic E-state index is 5.30. The number of hydrogen-bond acceptors (Lipinski definition) is 3. The molecule has 0 spiro atoms. The maximum Gasteiger partial charge on any atom is 0.163 e. The van der Waals surface area contributed by atoms with Crippen molar-refractivity contribution < 1.29 is 4.74 Å². The number of rotatable bonds is 2. The zero-order valence-electron chi connectivity index (χ0n) is 7.32. The van der Waals surface area contributed by atoms with Gasteiger partial charge in [0.05, 0.1) is 6.61 Å². The molecule has 0 bridgehead atoms. The third-order valence-corrected chi connectivity index (χ3v) is 2.26. The topological polar surface area (TPSA) is 28.7 Å². The molecule has 3 nitrogen and oxygen atoms in total. The van der Waals surface area contributed by atoms with Crippen LogP contribution < -0.4 is 4.90 Å². The van der Waals surface area contributed by atoms with Crippen LogP contribution in [0.2, 0.25) is 0 Å². The standard InChI is InChI=1S/C9H12N2O/c1-9(7-12-9)11(2)8-5-3-4-6-10-8/h3-6H,7H2,1-2H3. The van der Waals surface area contributed by atoms with E-state index < -0.39 is 0 Å². The van der Waals surface area contributed by atoms with E-state index in [0.717, 1.165) is 12.4 Å². The van der Waals surface area contributed by atoms with Crippen LogP contribution in [0.3, 0.4) is 0 Å². The molecule has 1 aliphatic rings. The third kappa shape index (κ3) is 1.16. The van der Waals surface area contributed by atoms with Gasteiger partial charge in [0, 0.05) is 13.2 Å². The van der Waals surface area contributed by atoms with E-state index in [4.69, 9.17) is 4.74 Å². The first-order valence-electron chi connectivity index (χ1n) is 4.01. The Morgan fingerprint density at radius 3 is 2.83 bits per heavy atom. The molecule has 64 valence electrons. The Bertz CT molecular complexity index is 269. The highest BCUT2D eigenvalue weighted by Gasteiger charge is 2.44. The minimum Gasteiger partial charge on any atom is -0.348 e. The first-order valence-corrected chi connectivity index (χ1v) is 4.01. The molecule has 1 saturated heterocycles. The van der Waals surface area contributed by atoms with Gasteiger partial charge >= 0.3 is 0 Å². The predicted molar refractivity (Wildman–Crippen MR) is 47.0 cm³/mol. The number of anilines is 1. The summed E-state index contributed by atoms with van der Waals surface area (Å²) in [6.07, 6.45) is 1.79. The van der Waals surface area contributed by atoms with Gasteiger partial charge in [-0.2, -0.15) is 0 Å². The Morgan fingerprint density at radius 2 is 2.33 bits per heavy atom. The van der Waals surface area contributed by atoms with Crippen molar-refractivity contribution in [2.24, 2.45) is 0 Å². The number of nitrogens with zero attached hydrogens (tertiary/aromatic N) is 2. The molecule has 2 rings (SSSR count). The van der Waals surface area contributed by atoms with E-state index in [9.17, 15) is 0 Å². The van der Waals surface area contributed by atoms with Crippen LogP contribution in [0.1, 0.15) is 6.92 Å². The van der Waals surface area contributed by atoms with Crippen LogP contribution >= 0.6 is 0 Å². The second-order valence-corrected chi connectivity index (χ2v) is 3.21. The molecule has 1 aromatic rings. The maximum absolute atomic E-state index is 5.30. The molecular formula is C9H12N2O. The lowest BCUT2D eigenvalue weighted by Gasteiger charge is -2.21. The number of aromatic nitrogens is 1. The van der Waals surface area contributed by atoms with Gasteiger partial charge in [-0.25, -0.2) is 4.98 Å². The summed E-state index contributed by atoms with van der Waals surface area (Å²) < 4.78 is 5.30. The Morgan fingerprint density at radius 1 is 1.58 bits per heavy atom. The molecule has 0 aromatic carbocycles. The summed E-state index contributed by atoms with van der Waals surface area (Å²) in [5.41, 5.74) is -0.117. The van der Waals surface area contributed by atoms with Crippen molar-refractivity contribution in [2.75, 3.05) is 18.6 Å². The fourth-order valence-corrected chi connectivity index (χ4v) is 1.09. The molecular weight excluding hydrogens is 152 g/mol. The van der Waals surface area contributed by atoms with E-state index in [-0.39, 0.29) is 5.72 Å². The Hall–Kier alpha value is -1.09. The Kier molecular flexibility index (Phi) is 1.54. The van der Waals surface area contributed by atoms with Crippen LogP contribution in [-0.2, 0) is 4.74 Å². The number of likely N-dealkylation sites (N-methyl/N-ethyl adjacent to an activating group) is 1. The van der Waals surface area contributed by atoms with E-state index in [2.05, 4.69) is 11.9 Å². The van der Waals surface area contributed by atoms with Crippen molar-refractivity contribution in [1.82, 2.24) is 4.98 Å². The first-order chi connectivity index (χ1) is 5.72. The van der Waals surface area contributed by atoms with Crippen LogP contribution in [0.15, 0.2) is 24.4 Å². The summed E-state index contributed by atoms with van der Waals surface area (Å²) >= 11 is 0. The van der Waals surface area contributed by atoms with Gasteiger partial charge in [0.1, 0.15) is 5.82 Å². The minimum atomic E-state index is -0.117. The SMILES string of the molecule is CN(c1ccccn1)C1(C)CO1. The summed E-state index contributed by atoms with van der Waals surface area (Å²) in [4.78, 5) is 6.28. The lowest BCUT2D eigenvalue weighted by Crippen LogP contribution is -2.32. The summed E-state index contributed by atoms with van der Waals surface area (Å²) in [5, 5.41) is 0. The molecule has 0 amide bonds. The molecule has 0 aliphatic carbocycles. The molecule has 0 radical (unpaired) electrons. The normalized spacial score (nSPS) is 26.8. The molecule has 3 heteroatoms. The van der Waals surface area contributed by atoms with E-state index in [1.54, 1.807) is 6.20 Å². The van der Waals surface area contributed by atoms with Crippen molar-refractivity contribution in [3.63, 3.8) is 0 Å². The highest BCUT2D eigenvalue weighted by molar-refractivity contribution is 5.40. The summed E-state index contributed by atoms with van der Waals surface area (Å²) in [6, 6.07) is 5.87. The van der Waals surface area contributed by atoms with Gasteiger partial charge in [-0.3, -0.25) is 0 Å². The molecule has 2 heterocycles. The van der Waals surface area contributed by atoms with Crippen molar-refractivity contribution in [2.45, 2.75) is 12.6 Å². The molecule has 12 heavy (non-hydrogen) atoms. The monoisotopic (exact) mass is 164 g/mol. The van der Waals surface area contributed by atoms with Crippen molar-refractivity contribution >= 4 is 5.82 Å². The Labute approximate surface area is 72.0 Å². The molecule has 1 aromatic heterocycles. The van der Waals surface area contributed by atoms with Crippen LogP contribution in [0.4, 0.5) is 5.82 Å². The first kappa shape index (κ1) is 7.55. The zero-order chi connectivity index (χ0) is 8.60. The molecule has 1 aliphatic heterocycles. The van der Waals surface area contributed by atoms with Crippen LogP contribution in [-0.4, -0.2) is 24.4 Å². The van der Waals surface area contributed by atoms with E-state index in [0.29, 0.717) is 0 Å². The van der Waals surface area contributed by atoms with Gasteiger partial charge < -0.3 is 9.64 Å². The number of epoxide rings is 1. The van der Waals surface area contributed by atoms with Gasteiger partial charge in [0.25, 0.3) is 0 Å². The Balaban J connectivity index is 2.20. The van der Waals surface area contributed by atoms with Crippen LogP contribution in [0.5, 0.6) is 0 Å². The van der Waals surface area contributed by atoms with E-state index in [1.165, 1.54) is 0 Å². The molecule has 0 saturated carbocycles. The summed E-state index contributed by atoms with van der Waals surface area (Å²) in [7, 11) is 2.00. The minimum absolute atomic E-state index is 0.117. The number of hydrogen-bond donors (Lipinski definition) is 0. The van der Waals surface area contributed by atoms with Crippen LogP contribution in [0, 0.1) is 0 Å². The third-order valence-electron chi connectivity index (χ3n) is 2.26. The average molecular weight is 164 g/mol. The average Bonchev–Trinajstić information content (AvgIpc) is 2.85. The van der Waals surface area contributed by atoms with Crippen molar-refractivity contribution in [3.8, 4) is 0 Å². The lowest BCUT2D eigenvalue weighted by atomic mass is 10.3. The molecule has 1 atom stereocenters. The smallest absolute Gasteiger partial charge is 0.163 e. The van der Waals surface area contributed by atoms with Gasteiger partial charge in [0.2, 0.25) is 0 Å². The second-order valence-electron chi connectivity index (χ2n) is 3.21. The van der Waals surface area contributed by atoms with Gasteiger partial charge in [-0.15, -0.1) is 0 Å². The highest BCUT2D eigenvalue weighted by atomic mass is 16.6.